The van der Waals surface area contributed by atoms with Crippen LogP contribution in [0.25, 0.3) is 0 Å². The largest absolute Gasteiger partial charge is 0.310 e. The first kappa shape index (κ1) is 18.4. The van der Waals surface area contributed by atoms with Crippen LogP contribution in [0.4, 0.5) is 0 Å². The van der Waals surface area contributed by atoms with Gasteiger partial charge in [0.05, 0.1) is 0 Å². The van der Waals surface area contributed by atoms with Crippen LogP contribution in [0.1, 0.15) is 70.4 Å². The Hall–Kier alpha value is 0.390. The minimum Gasteiger partial charge on any atom is -0.310 e. The first-order chi connectivity index (χ1) is 9.69. The van der Waals surface area contributed by atoms with Crippen LogP contribution in [0.15, 0.2) is 22.7 Å². The Morgan fingerprint density at radius 2 is 1.80 bits per heavy atom. The summed E-state index contributed by atoms with van der Waals surface area (Å²) in [6, 6.07) is 7.11. The van der Waals surface area contributed by atoms with E-state index in [1.54, 1.807) is 0 Å². The molecule has 1 aromatic rings. The van der Waals surface area contributed by atoms with Crippen LogP contribution >= 0.6 is 38.5 Å². The molecule has 1 rings (SSSR count). The van der Waals surface area contributed by atoms with Crippen molar-refractivity contribution in [2.75, 3.05) is 6.54 Å². The number of nitrogens with one attached hydrogen (secondary N) is 1. The lowest BCUT2D eigenvalue weighted by Crippen LogP contribution is -2.21. The van der Waals surface area contributed by atoms with Gasteiger partial charge in [-0.3, -0.25) is 0 Å². The zero-order valence-corrected chi connectivity index (χ0v) is 16.5. The first-order valence-electron chi connectivity index (χ1n) is 7.87. The van der Waals surface area contributed by atoms with Gasteiger partial charge in [0, 0.05) is 14.1 Å². The Morgan fingerprint density at radius 3 is 2.50 bits per heavy atom. The third kappa shape index (κ3) is 6.90. The van der Waals surface area contributed by atoms with Crippen LogP contribution in [0.3, 0.4) is 0 Å². The van der Waals surface area contributed by atoms with Crippen molar-refractivity contribution >= 4 is 38.5 Å². The van der Waals surface area contributed by atoms with Crippen LogP contribution in [0.5, 0.6) is 0 Å². The van der Waals surface area contributed by atoms with Gasteiger partial charge in [-0.15, -0.1) is 0 Å². The van der Waals surface area contributed by atoms with Crippen molar-refractivity contribution in [1.82, 2.24) is 5.32 Å². The molecular weight excluding hydrogens is 425 g/mol. The highest BCUT2D eigenvalue weighted by Gasteiger charge is 2.13. The standard InChI is InChI=1S/C17H27BrIN/c1-3-5-6-7-8-9-10-17(20-4-2)15-13-14(19)11-12-16(15)18/h11-13,17,20H,3-10H2,1-2H3. The highest BCUT2D eigenvalue weighted by atomic mass is 127. The lowest BCUT2D eigenvalue weighted by Gasteiger charge is -2.20. The van der Waals surface area contributed by atoms with E-state index in [0.29, 0.717) is 6.04 Å². The van der Waals surface area contributed by atoms with E-state index in [0.717, 1.165) is 6.54 Å². The Morgan fingerprint density at radius 1 is 1.10 bits per heavy atom. The maximum atomic E-state index is 3.70. The van der Waals surface area contributed by atoms with Crippen LogP contribution in [0, 0.1) is 3.57 Å². The van der Waals surface area contributed by atoms with Crippen LogP contribution < -0.4 is 5.32 Å². The Bertz CT molecular complexity index is 381. The first-order valence-corrected chi connectivity index (χ1v) is 9.74. The molecule has 1 aromatic carbocycles. The van der Waals surface area contributed by atoms with E-state index in [2.05, 4.69) is 75.9 Å². The van der Waals surface area contributed by atoms with Crippen molar-refractivity contribution in [1.29, 1.82) is 0 Å². The molecule has 20 heavy (non-hydrogen) atoms. The molecule has 1 nitrogen and oxygen atoms in total. The molecule has 0 heterocycles. The van der Waals surface area contributed by atoms with Gasteiger partial charge in [0.25, 0.3) is 0 Å². The summed E-state index contributed by atoms with van der Waals surface area (Å²) >= 11 is 6.10. The molecular formula is C17H27BrIN. The van der Waals surface area contributed by atoms with Crippen molar-refractivity contribution < 1.29 is 0 Å². The van der Waals surface area contributed by atoms with Crippen LogP contribution in [-0.4, -0.2) is 6.54 Å². The summed E-state index contributed by atoms with van der Waals surface area (Å²) in [6.07, 6.45) is 9.42. The summed E-state index contributed by atoms with van der Waals surface area (Å²) < 4.78 is 2.54. The molecule has 1 atom stereocenters. The third-order valence-electron chi connectivity index (χ3n) is 3.63. The maximum Gasteiger partial charge on any atom is 0.0331 e. The normalized spacial score (nSPS) is 12.6. The molecule has 3 heteroatoms. The van der Waals surface area contributed by atoms with Crippen molar-refractivity contribution in [3.63, 3.8) is 0 Å². The topological polar surface area (TPSA) is 12.0 Å². The molecule has 0 radical (unpaired) electrons. The van der Waals surface area contributed by atoms with E-state index in [4.69, 9.17) is 0 Å². The zero-order chi connectivity index (χ0) is 14.8. The monoisotopic (exact) mass is 451 g/mol. The fraction of sp³-hybridized carbons (Fsp3) is 0.647. The molecule has 0 aliphatic rings. The summed E-state index contributed by atoms with van der Waals surface area (Å²) in [5, 5.41) is 3.64. The van der Waals surface area contributed by atoms with E-state index >= 15 is 0 Å². The smallest absolute Gasteiger partial charge is 0.0331 e. The average Bonchev–Trinajstić information content (AvgIpc) is 2.44. The summed E-state index contributed by atoms with van der Waals surface area (Å²) in [5.41, 5.74) is 1.41. The Labute approximate surface area is 146 Å². The summed E-state index contributed by atoms with van der Waals surface area (Å²) in [5.74, 6) is 0. The zero-order valence-electron chi connectivity index (χ0n) is 12.7. The highest BCUT2D eigenvalue weighted by Crippen LogP contribution is 2.29. The molecule has 0 aliphatic carbocycles. The van der Waals surface area contributed by atoms with Gasteiger partial charge in [-0.1, -0.05) is 68.3 Å². The average molecular weight is 452 g/mol. The van der Waals surface area contributed by atoms with E-state index in [-0.39, 0.29) is 0 Å². The molecule has 0 aromatic heterocycles. The summed E-state index contributed by atoms with van der Waals surface area (Å²) in [7, 11) is 0. The number of hydrogen-bond donors (Lipinski definition) is 1. The van der Waals surface area contributed by atoms with E-state index in [9.17, 15) is 0 Å². The molecule has 0 bridgehead atoms. The fourth-order valence-corrected chi connectivity index (χ4v) is 3.56. The van der Waals surface area contributed by atoms with Crippen molar-refractivity contribution in [3.05, 3.63) is 31.8 Å². The number of rotatable bonds is 10. The Kier molecular flexibility index (Phi) is 10.2. The van der Waals surface area contributed by atoms with Gasteiger partial charge < -0.3 is 5.32 Å². The van der Waals surface area contributed by atoms with Gasteiger partial charge in [-0.2, -0.15) is 0 Å². The number of halogens is 2. The van der Waals surface area contributed by atoms with E-state index in [1.807, 2.05) is 0 Å². The lowest BCUT2D eigenvalue weighted by molar-refractivity contribution is 0.475. The second-order valence-corrected chi connectivity index (χ2v) is 7.43. The molecule has 0 amide bonds. The summed E-state index contributed by atoms with van der Waals surface area (Å²) in [6.45, 7) is 5.49. The molecule has 1 N–H and O–H groups in total. The second-order valence-electron chi connectivity index (χ2n) is 5.33. The van der Waals surface area contributed by atoms with E-state index < -0.39 is 0 Å². The molecule has 0 spiro atoms. The second kappa shape index (κ2) is 11.0. The van der Waals surface area contributed by atoms with Crippen molar-refractivity contribution in [2.45, 2.75) is 64.8 Å². The molecule has 114 valence electrons. The molecule has 0 saturated carbocycles. The van der Waals surface area contributed by atoms with Crippen molar-refractivity contribution in [3.8, 4) is 0 Å². The quantitative estimate of drug-likeness (QED) is 0.318. The summed E-state index contributed by atoms with van der Waals surface area (Å²) in [4.78, 5) is 0. The van der Waals surface area contributed by atoms with Crippen LogP contribution in [0.2, 0.25) is 0 Å². The van der Waals surface area contributed by atoms with Gasteiger partial charge in [-0.25, -0.2) is 0 Å². The highest BCUT2D eigenvalue weighted by molar-refractivity contribution is 14.1. The number of benzene rings is 1. The third-order valence-corrected chi connectivity index (χ3v) is 5.02. The lowest BCUT2D eigenvalue weighted by atomic mass is 9.99. The molecule has 1 unspecified atom stereocenters. The predicted molar refractivity (Wildman–Crippen MR) is 101 cm³/mol. The SMILES string of the molecule is CCCCCCCCC(NCC)c1cc(I)ccc1Br. The minimum absolute atomic E-state index is 0.482. The van der Waals surface area contributed by atoms with E-state index in [1.165, 1.54) is 58.6 Å². The molecule has 0 saturated heterocycles. The van der Waals surface area contributed by atoms with Gasteiger partial charge in [0.15, 0.2) is 0 Å². The van der Waals surface area contributed by atoms with Gasteiger partial charge in [-0.05, 0) is 59.3 Å². The number of unbranched alkanes of at least 4 members (excludes halogenated alkanes) is 5. The predicted octanol–water partition coefficient (Wildman–Crippen LogP) is 6.45. The van der Waals surface area contributed by atoms with Gasteiger partial charge in [0.1, 0.15) is 0 Å². The Balaban J connectivity index is 2.49. The van der Waals surface area contributed by atoms with Gasteiger partial charge in [0.2, 0.25) is 0 Å². The van der Waals surface area contributed by atoms with Crippen LogP contribution in [-0.2, 0) is 0 Å². The molecule has 0 aliphatic heterocycles. The fourth-order valence-electron chi connectivity index (χ4n) is 2.52. The molecule has 0 fully saturated rings. The number of hydrogen-bond acceptors (Lipinski definition) is 1. The van der Waals surface area contributed by atoms with Gasteiger partial charge >= 0.3 is 0 Å². The van der Waals surface area contributed by atoms with Crippen molar-refractivity contribution in [2.24, 2.45) is 0 Å². The minimum atomic E-state index is 0.482. The maximum absolute atomic E-state index is 3.70.